The number of nitrogens with zero attached hydrogens (tertiary/aromatic N) is 1. The largest absolute Gasteiger partial charge is 0.306 e. The van der Waals surface area contributed by atoms with Gasteiger partial charge in [-0.1, -0.05) is 51.6 Å². The SMILES string of the molecule is C=C[Si](C)(C)CN1CCCCCCCCCC1. The third kappa shape index (κ3) is 7.05. The van der Waals surface area contributed by atoms with Crippen LogP contribution in [0, 0.1) is 0 Å². The second kappa shape index (κ2) is 8.10. The van der Waals surface area contributed by atoms with Crippen LogP contribution in [0.25, 0.3) is 0 Å². The summed E-state index contributed by atoms with van der Waals surface area (Å²) in [5.41, 5.74) is 2.25. The van der Waals surface area contributed by atoms with Crippen LogP contribution in [-0.2, 0) is 0 Å². The van der Waals surface area contributed by atoms with Crippen molar-refractivity contribution in [2.45, 2.75) is 64.5 Å². The molecular formula is C15H31NSi. The van der Waals surface area contributed by atoms with Gasteiger partial charge in [-0.25, -0.2) is 0 Å². The van der Waals surface area contributed by atoms with Crippen LogP contribution in [-0.4, -0.2) is 32.2 Å². The maximum Gasteiger partial charge on any atom is 0.0854 e. The van der Waals surface area contributed by atoms with E-state index in [0.29, 0.717) is 0 Å². The molecule has 0 radical (unpaired) electrons. The predicted molar refractivity (Wildman–Crippen MR) is 81.1 cm³/mol. The van der Waals surface area contributed by atoms with Gasteiger partial charge in [0.25, 0.3) is 0 Å². The minimum atomic E-state index is -1.16. The van der Waals surface area contributed by atoms with E-state index in [-0.39, 0.29) is 0 Å². The lowest BCUT2D eigenvalue weighted by Gasteiger charge is -2.29. The normalized spacial score (nSPS) is 21.8. The van der Waals surface area contributed by atoms with Crippen molar-refractivity contribution in [3.63, 3.8) is 0 Å². The van der Waals surface area contributed by atoms with Crippen LogP contribution in [0.3, 0.4) is 0 Å². The molecule has 1 rings (SSSR count). The summed E-state index contributed by atoms with van der Waals surface area (Å²) in [5.74, 6) is 0. The van der Waals surface area contributed by atoms with E-state index in [0.717, 1.165) is 0 Å². The smallest absolute Gasteiger partial charge is 0.0854 e. The number of hydrogen-bond acceptors (Lipinski definition) is 1. The number of hydrogen-bond donors (Lipinski definition) is 0. The fraction of sp³-hybridized carbons (Fsp3) is 0.867. The Bertz CT molecular complexity index is 201. The van der Waals surface area contributed by atoms with Crippen molar-refractivity contribution in [1.82, 2.24) is 4.90 Å². The molecule has 1 aliphatic heterocycles. The van der Waals surface area contributed by atoms with Crippen molar-refractivity contribution >= 4 is 8.07 Å². The Morgan fingerprint density at radius 3 is 1.71 bits per heavy atom. The first kappa shape index (κ1) is 15.0. The lowest BCUT2D eigenvalue weighted by Crippen LogP contribution is -2.42. The van der Waals surface area contributed by atoms with Crippen LogP contribution in [0.1, 0.15) is 51.4 Å². The summed E-state index contributed by atoms with van der Waals surface area (Å²) in [6, 6.07) is 0. The predicted octanol–water partition coefficient (Wildman–Crippen LogP) is 4.40. The van der Waals surface area contributed by atoms with Crippen LogP contribution < -0.4 is 0 Å². The van der Waals surface area contributed by atoms with Crippen molar-refractivity contribution in [2.24, 2.45) is 0 Å². The standard InChI is InChI=1S/C15H31NSi/c1-4-17(2,3)15-16-13-11-9-7-5-6-8-10-12-14-16/h4H,1,5-15H2,2-3H3. The molecule has 0 unspecified atom stereocenters. The molecule has 1 fully saturated rings. The molecular weight excluding hydrogens is 222 g/mol. The van der Waals surface area contributed by atoms with Gasteiger partial charge in [-0.3, -0.25) is 0 Å². The van der Waals surface area contributed by atoms with Crippen LogP contribution in [0.4, 0.5) is 0 Å². The molecule has 0 N–H and O–H groups in total. The molecule has 0 bridgehead atoms. The first-order chi connectivity index (χ1) is 8.14. The first-order valence-electron chi connectivity index (χ1n) is 7.50. The average molecular weight is 254 g/mol. The maximum absolute atomic E-state index is 4.02. The molecule has 1 aliphatic rings. The first-order valence-corrected chi connectivity index (χ1v) is 10.8. The van der Waals surface area contributed by atoms with Crippen LogP contribution in [0.5, 0.6) is 0 Å². The monoisotopic (exact) mass is 253 g/mol. The molecule has 1 saturated heterocycles. The molecule has 0 saturated carbocycles. The van der Waals surface area contributed by atoms with E-state index in [1.54, 1.807) is 0 Å². The molecule has 0 aromatic rings. The van der Waals surface area contributed by atoms with Crippen molar-refractivity contribution in [1.29, 1.82) is 0 Å². The Morgan fingerprint density at radius 2 is 1.29 bits per heavy atom. The summed E-state index contributed by atoms with van der Waals surface area (Å²) in [5, 5.41) is 0. The molecule has 0 aromatic carbocycles. The van der Waals surface area contributed by atoms with Gasteiger partial charge in [-0.05, 0) is 32.1 Å². The van der Waals surface area contributed by atoms with E-state index < -0.39 is 8.07 Å². The minimum Gasteiger partial charge on any atom is -0.306 e. The summed E-state index contributed by atoms with van der Waals surface area (Å²) in [7, 11) is -1.16. The highest BCUT2D eigenvalue weighted by molar-refractivity contribution is 6.82. The molecule has 0 spiro atoms. The summed E-state index contributed by atoms with van der Waals surface area (Å²) in [4.78, 5) is 2.72. The van der Waals surface area contributed by atoms with Crippen LogP contribution in [0.15, 0.2) is 12.3 Å². The Morgan fingerprint density at radius 1 is 0.882 bits per heavy atom. The molecule has 0 amide bonds. The van der Waals surface area contributed by atoms with Crippen LogP contribution in [0.2, 0.25) is 13.1 Å². The molecule has 0 aliphatic carbocycles. The van der Waals surface area contributed by atoms with E-state index in [1.165, 1.54) is 70.6 Å². The zero-order valence-corrected chi connectivity index (χ0v) is 13.0. The second-order valence-electron chi connectivity index (χ2n) is 6.30. The Balaban J connectivity index is 2.39. The lowest BCUT2D eigenvalue weighted by atomic mass is 10.1. The molecule has 0 aromatic heterocycles. The van der Waals surface area contributed by atoms with Crippen LogP contribution >= 0.6 is 0 Å². The highest BCUT2D eigenvalue weighted by Crippen LogP contribution is 2.14. The van der Waals surface area contributed by atoms with Gasteiger partial charge in [0.15, 0.2) is 0 Å². The maximum atomic E-state index is 4.02. The molecule has 17 heavy (non-hydrogen) atoms. The molecule has 1 nitrogen and oxygen atoms in total. The highest BCUT2D eigenvalue weighted by Gasteiger charge is 2.20. The van der Waals surface area contributed by atoms with E-state index in [2.05, 4.69) is 30.3 Å². The van der Waals surface area contributed by atoms with E-state index in [4.69, 9.17) is 0 Å². The molecule has 1 heterocycles. The summed E-state index contributed by atoms with van der Waals surface area (Å²) >= 11 is 0. The van der Waals surface area contributed by atoms with Crippen molar-refractivity contribution in [2.75, 3.05) is 19.3 Å². The van der Waals surface area contributed by atoms with E-state index in [9.17, 15) is 0 Å². The van der Waals surface area contributed by atoms with Gasteiger partial charge in [0.05, 0.1) is 8.07 Å². The van der Waals surface area contributed by atoms with Gasteiger partial charge in [0.1, 0.15) is 0 Å². The lowest BCUT2D eigenvalue weighted by molar-refractivity contribution is 0.299. The summed E-state index contributed by atoms with van der Waals surface area (Å²) < 4.78 is 0. The Kier molecular flexibility index (Phi) is 7.13. The third-order valence-corrected chi connectivity index (χ3v) is 6.25. The summed E-state index contributed by atoms with van der Waals surface area (Å²) in [6.45, 7) is 11.5. The van der Waals surface area contributed by atoms with Gasteiger partial charge in [0, 0.05) is 0 Å². The van der Waals surface area contributed by atoms with Gasteiger partial charge in [-0.15, -0.1) is 12.3 Å². The van der Waals surface area contributed by atoms with Crippen molar-refractivity contribution in [3.05, 3.63) is 12.3 Å². The Hall–Kier alpha value is -0.0831. The molecule has 0 atom stereocenters. The summed E-state index contributed by atoms with van der Waals surface area (Å²) in [6.07, 6.45) is 12.8. The minimum absolute atomic E-state index is 1.16. The van der Waals surface area contributed by atoms with Gasteiger partial charge in [0.2, 0.25) is 0 Å². The van der Waals surface area contributed by atoms with E-state index >= 15 is 0 Å². The quantitative estimate of drug-likeness (QED) is 0.674. The topological polar surface area (TPSA) is 3.24 Å². The van der Waals surface area contributed by atoms with Gasteiger partial charge in [-0.2, -0.15) is 0 Å². The zero-order chi connectivity index (χ0) is 12.6. The number of rotatable bonds is 3. The van der Waals surface area contributed by atoms with E-state index in [1.807, 2.05) is 0 Å². The van der Waals surface area contributed by atoms with Crippen molar-refractivity contribution < 1.29 is 0 Å². The average Bonchev–Trinajstić information content (AvgIpc) is 2.35. The zero-order valence-electron chi connectivity index (χ0n) is 12.0. The highest BCUT2D eigenvalue weighted by atomic mass is 28.3. The fourth-order valence-corrected chi connectivity index (χ4v) is 4.24. The fourth-order valence-electron chi connectivity index (χ4n) is 2.64. The molecule has 2 heteroatoms. The van der Waals surface area contributed by atoms with Crippen molar-refractivity contribution in [3.8, 4) is 0 Å². The third-order valence-electron chi connectivity index (χ3n) is 3.88. The molecule has 100 valence electrons. The second-order valence-corrected chi connectivity index (χ2v) is 11.0. The van der Waals surface area contributed by atoms with Gasteiger partial charge < -0.3 is 4.90 Å². The van der Waals surface area contributed by atoms with Gasteiger partial charge >= 0.3 is 0 Å². The Labute approximate surface area is 109 Å².